The van der Waals surface area contributed by atoms with Gasteiger partial charge in [0, 0.05) is 32.1 Å². The number of allylic oxidation sites excluding steroid dienone is 9. The Morgan fingerprint density at radius 1 is 1.06 bits per heavy atom. The van der Waals surface area contributed by atoms with Crippen molar-refractivity contribution in [3.8, 4) is 0 Å². The van der Waals surface area contributed by atoms with Crippen LogP contribution in [0.5, 0.6) is 0 Å². The van der Waals surface area contributed by atoms with E-state index in [1.165, 1.54) is 36.0 Å². The molecular formula is C30H46N2O2. The van der Waals surface area contributed by atoms with E-state index in [0.717, 1.165) is 24.8 Å². The van der Waals surface area contributed by atoms with Gasteiger partial charge >= 0.3 is 0 Å². The van der Waals surface area contributed by atoms with Crippen LogP contribution in [0.15, 0.2) is 58.7 Å². The molecule has 4 heteroatoms. The van der Waals surface area contributed by atoms with E-state index in [0.29, 0.717) is 26.1 Å². The first kappa shape index (κ1) is 29.7. The molecule has 1 N–H and O–H groups in total. The van der Waals surface area contributed by atoms with Crippen molar-refractivity contribution in [2.45, 2.75) is 79.6 Å². The number of nitrogens with zero attached hydrogens (tertiary/aromatic N) is 1. The zero-order valence-corrected chi connectivity index (χ0v) is 22.2. The van der Waals surface area contributed by atoms with Gasteiger partial charge in [0.1, 0.15) is 0 Å². The number of carbonyl (C=O) groups excluding carboxylic acids is 2. The van der Waals surface area contributed by atoms with Gasteiger partial charge in [0.15, 0.2) is 0 Å². The Labute approximate surface area is 209 Å². The SMILES string of the molecule is [CH2]CN(C[CH2])C(=O)CCCCCNC(=O)/C=C(C)/C=C/C=C(C)/C=C/C1=C(C)CCCC1(C)C. The highest BCUT2D eigenvalue weighted by atomic mass is 16.2. The molecule has 2 amide bonds. The van der Waals surface area contributed by atoms with Crippen LogP contribution in [-0.4, -0.2) is 36.3 Å². The molecule has 4 nitrogen and oxygen atoms in total. The van der Waals surface area contributed by atoms with Crippen LogP contribution in [0.2, 0.25) is 0 Å². The highest BCUT2D eigenvalue weighted by Crippen LogP contribution is 2.40. The lowest BCUT2D eigenvalue weighted by Crippen LogP contribution is -2.30. The number of rotatable bonds is 13. The molecule has 34 heavy (non-hydrogen) atoms. The Morgan fingerprint density at radius 2 is 1.76 bits per heavy atom. The van der Waals surface area contributed by atoms with Crippen LogP contribution in [0, 0.1) is 19.3 Å². The highest BCUT2D eigenvalue weighted by Gasteiger charge is 2.26. The first-order valence-electron chi connectivity index (χ1n) is 12.7. The summed E-state index contributed by atoms with van der Waals surface area (Å²) in [6.45, 7) is 20.0. The van der Waals surface area contributed by atoms with E-state index in [9.17, 15) is 9.59 Å². The highest BCUT2D eigenvalue weighted by molar-refractivity contribution is 5.88. The summed E-state index contributed by atoms with van der Waals surface area (Å²) in [7, 11) is 0. The van der Waals surface area contributed by atoms with Crippen molar-refractivity contribution in [1.29, 1.82) is 0 Å². The molecule has 0 atom stereocenters. The molecule has 0 spiro atoms. The third-order valence-corrected chi connectivity index (χ3v) is 6.39. The van der Waals surface area contributed by atoms with E-state index >= 15 is 0 Å². The van der Waals surface area contributed by atoms with Gasteiger partial charge in [-0.05, 0) is 83.3 Å². The summed E-state index contributed by atoms with van der Waals surface area (Å²) in [5.41, 5.74) is 5.31. The van der Waals surface area contributed by atoms with Crippen LogP contribution >= 0.6 is 0 Å². The van der Waals surface area contributed by atoms with Gasteiger partial charge in [-0.1, -0.05) is 61.8 Å². The second-order valence-electron chi connectivity index (χ2n) is 9.91. The Balaban J connectivity index is 2.39. The summed E-state index contributed by atoms with van der Waals surface area (Å²) < 4.78 is 0. The van der Waals surface area contributed by atoms with E-state index < -0.39 is 0 Å². The Morgan fingerprint density at radius 3 is 2.41 bits per heavy atom. The molecule has 0 saturated heterocycles. The standard InChI is InChI=1S/C30H46N2O2/c1-8-32(9-2)29(34)18-11-10-12-22-31-28(33)23-25(4)16-13-15-24(3)19-20-27-26(5)17-14-21-30(27,6)7/h13,15-16,19-20,23H,1-2,8-12,14,17-18,21-22H2,3-7H3,(H,31,33)/b16-13+,20-19+,24-15+,25-23+. The second-order valence-corrected chi connectivity index (χ2v) is 9.91. The van der Waals surface area contributed by atoms with Gasteiger partial charge in [0.05, 0.1) is 0 Å². The fourth-order valence-corrected chi connectivity index (χ4v) is 4.25. The quantitative estimate of drug-likeness (QED) is 0.187. The summed E-state index contributed by atoms with van der Waals surface area (Å²) >= 11 is 0. The van der Waals surface area contributed by atoms with E-state index in [-0.39, 0.29) is 17.2 Å². The van der Waals surface area contributed by atoms with Crippen LogP contribution in [-0.2, 0) is 9.59 Å². The van der Waals surface area contributed by atoms with Crippen molar-refractivity contribution in [1.82, 2.24) is 10.2 Å². The molecule has 0 aromatic heterocycles. The molecule has 0 fully saturated rings. The average molecular weight is 467 g/mol. The van der Waals surface area contributed by atoms with Gasteiger partial charge in [0.2, 0.25) is 11.8 Å². The molecule has 0 unspecified atom stereocenters. The van der Waals surface area contributed by atoms with Crippen molar-refractivity contribution in [3.05, 3.63) is 72.6 Å². The molecule has 1 rings (SSSR count). The minimum absolute atomic E-state index is 0.0824. The molecule has 1 aliphatic carbocycles. The lowest BCUT2D eigenvalue weighted by atomic mass is 9.72. The number of amides is 2. The van der Waals surface area contributed by atoms with Crippen molar-refractivity contribution in [3.63, 3.8) is 0 Å². The molecular weight excluding hydrogens is 420 g/mol. The van der Waals surface area contributed by atoms with E-state index in [1.54, 1.807) is 11.0 Å². The van der Waals surface area contributed by atoms with Gasteiger partial charge in [-0.15, -0.1) is 0 Å². The number of unbranched alkanes of at least 4 members (excludes halogenated alkanes) is 2. The van der Waals surface area contributed by atoms with Gasteiger partial charge < -0.3 is 10.2 Å². The predicted molar refractivity (Wildman–Crippen MR) is 145 cm³/mol. The smallest absolute Gasteiger partial charge is 0.244 e. The summed E-state index contributed by atoms with van der Waals surface area (Å²) in [4.78, 5) is 25.6. The molecule has 0 aliphatic heterocycles. The fourth-order valence-electron chi connectivity index (χ4n) is 4.25. The van der Waals surface area contributed by atoms with Crippen LogP contribution in [0.3, 0.4) is 0 Å². The number of nitrogens with one attached hydrogen (secondary N) is 1. The van der Waals surface area contributed by atoms with Crippen LogP contribution in [0.25, 0.3) is 0 Å². The summed E-state index contributed by atoms with van der Waals surface area (Å²) in [5.74, 6) is 0.0187. The van der Waals surface area contributed by atoms with Gasteiger partial charge in [-0.25, -0.2) is 0 Å². The lowest BCUT2D eigenvalue weighted by Gasteiger charge is -2.32. The minimum Gasteiger partial charge on any atom is -0.353 e. The molecule has 0 aromatic rings. The average Bonchev–Trinajstić information content (AvgIpc) is 2.76. The maximum absolute atomic E-state index is 12.1. The molecule has 0 bridgehead atoms. The van der Waals surface area contributed by atoms with Crippen molar-refractivity contribution in [2.24, 2.45) is 5.41 Å². The maximum Gasteiger partial charge on any atom is 0.244 e. The summed E-state index contributed by atoms with van der Waals surface area (Å²) in [6.07, 6.45) is 18.9. The van der Waals surface area contributed by atoms with E-state index in [4.69, 9.17) is 0 Å². The molecule has 0 heterocycles. The van der Waals surface area contributed by atoms with Crippen molar-refractivity contribution < 1.29 is 9.59 Å². The third-order valence-electron chi connectivity index (χ3n) is 6.39. The topological polar surface area (TPSA) is 49.4 Å². The fraction of sp³-hybridized carbons (Fsp3) is 0.533. The molecule has 188 valence electrons. The van der Waals surface area contributed by atoms with Crippen LogP contribution in [0.1, 0.15) is 79.6 Å². The molecule has 1 aliphatic rings. The Kier molecular flexibility index (Phi) is 13.5. The van der Waals surface area contributed by atoms with Crippen LogP contribution in [0.4, 0.5) is 0 Å². The summed E-state index contributed by atoms with van der Waals surface area (Å²) in [6, 6.07) is 0. The van der Waals surface area contributed by atoms with E-state index in [2.05, 4.69) is 65.1 Å². The molecule has 2 radical (unpaired) electrons. The molecule has 0 aromatic carbocycles. The maximum atomic E-state index is 12.1. The lowest BCUT2D eigenvalue weighted by molar-refractivity contribution is -0.130. The number of carbonyl (C=O) groups is 2. The van der Waals surface area contributed by atoms with Crippen LogP contribution < -0.4 is 5.32 Å². The predicted octanol–water partition coefficient (Wildman–Crippen LogP) is 6.69. The van der Waals surface area contributed by atoms with Crippen molar-refractivity contribution in [2.75, 3.05) is 19.6 Å². The zero-order valence-electron chi connectivity index (χ0n) is 22.2. The van der Waals surface area contributed by atoms with Gasteiger partial charge in [-0.2, -0.15) is 0 Å². The molecule has 0 saturated carbocycles. The first-order valence-corrected chi connectivity index (χ1v) is 12.7. The van der Waals surface area contributed by atoms with Gasteiger partial charge in [-0.3, -0.25) is 9.59 Å². The largest absolute Gasteiger partial charge is 0.353 e. The first-order chi connectivity index (χ1) is 16.1. The second kappa shape index (κ2) is 15.5. The summed E-state index contributed by atoms with van der Waals surface area (Å²) in [5, 5.41) is 2.92. The Hall–Kier alpha value is -2.36. The monoisotopic (exact) mass is 466 g/mol. The normalized spacial score (nSPS) is 17.0. The third kappa shape index (κ3) is 11.2. The van der Waals surface area contributed by atoms with Crippen molar-refractivity contribution >= 4 is 11.8 Å². The van der Waals surface area contributed by atoms with E-state index in [1.807, 2.05) is 19.1 Å². The minimum atomic E-state index is -0.0824. The Bertz CT molecular complexity index is 821. The number of hydrogen-bond acceptors (Lipinski definition) is 2. The number of hydrogen-bond donors (Lipinski definition) is 1. The zero-order chi connectivity index (χ0) is 25.6. The van der Waals surface area contributed by atoms with Gasteiger partial charge in [0.25, 0.3) is 0 Å².